The molecule has 0 aliphatic rings. The van der Waals surface area contributed by atoms with Gasteiger partial charge in [-0.3, -0.25) is 0 Å². The van der Waals surface area contributed by atoms with Crippen molar-refractivity contribution in [2.75, 3.05) is 5.32 Å². The quantitative estimate of drug-likeness (QED) is 0.798. The molecule has 0 fully saturated rings. The van der Waals surface area contributed by atoms with Gasteiger partial charge in [0.2, 0.25) is 0 Å². The monoisotopic (exact) mass is 329 g/mol. The van der Waals surface area contributed by atoms with Gasteiger partial charge in [-0.2, -0.15) is 0 Å². The zero-order valence-corrected chi connectivity index (χ0v) is 12.6. The van der Waals surface area contributed by atoms with Crippen molar-refractivity contribution in [1.29, 1.82) is 0 Å². The largest absolute Gasteiger partial charge is 0.379 e. The molecular formula is C13H13BrClNS. The van der Waals surface area contributed by atoms with Crippen molar-refractivity contribution in [3.05, 3.63) is 49.6 Å². The van der Waals surface area contributed by atoms with E-state index in [1.807, 2.05) is 29.5 Å². The smallest absolute Gasteiger partial charge is 0.0593 e. The molecule has 1 aromatic heterocycles. The van der Waals surface area contributed by atoms with Crippen molar-refractivity contribution in [3.63, 3.8) is 0 Å². The highest BCUT2D eigenvalue weighted by Gasteiger charge is 2.04. The average molecular weight is 331 g/mol. The summed E-state index contributed by atoms with van der Waals surface area (Å²) in [5.41, 5.74) is 1.03. The number of nitrogens with one attached hydrogen (secondary N) is 1. The molecule has 0 saturated heterocycles. The van der Waals surface area contributed by atoms with Crippen molar-refractivity contribution in [3.8, 4) is 0 Å². The van der Waals surface area contributed by atoms with Crippen molar-refractivity contribution in [2.45, 2.75) is 19.9 Å². The molecule has 0 unspecified atom stereocenters. The number of thiophene rings is 1. The molecule has 1 nitrogen and oxygen atoms in total. The van der Waals surface area contributed by atoms with Crippen LogP contribution in [-0.4, -0.2) is 0 Å². The van der Waals surface area contributed by atoms with E-state index in [4.69, 9.17) is 11.6 Å². The Bertz CT molecular complexity index is 510. The number of halogens is 2. The van der Waals surface area contributed by atoms with Gasteiger partial charge in [0.15, 0.2) is 0 Å². The molecule has 0 bridgehead atoms. The first-order chi connectivity index (χ1) is 8.20. The number of hydrogen-bond donors (Lipinski definition) is 1. The molecule has 0 saturated carbocycles. The lowest BCUT2D eigenvalue weighted by Gasteiger charge is -2.08. The molecule has 17 heavy (non-hydrogen) atoms. The van der Waals surface area contributed by atoms with Crippen LogP contribution in [0.1, 0.15) is 16.7 Å². The minimum Gasteiger partial charge on any atom is -0.379 e. The number of anilines is 1. The Morgan fingerprint density at radius 2 is 2.00 bits per heavy atom. The third kappa shape index (κ3) is 3.24. The highest BCUT2D eigenvalue weighted by molar-refractivity contribution is 9.10. The predicted octanol–water partition coefficient (Wildman–Crippen LogP) is 5.34. The second kappa shape index (κ2) is 5.89. The second-order valence-electron chi connectivity index (χ2n) is 3.68. The summed E-state index contributed by atoms with van der Waals surface area (Å²) in [6, 6.07) is 10.2. The van der Waals surface area contributed by atoms with Gasteiger partial charge in [-0.1, -0.05) is 24.6 Å². The van der Waals surface area contributed by atoms with Gasteiger partial charge < -0.3 is 5.32 Å². The molecule has 1 heterocycles. The van der Waals surface area contributed by atoms with Gasteiger partial charge in [-0.05, 0) is 46.6 Å². The number of hydrogen-bond acceptors (Lipinski definition) is 2. The Morgan fingerprint density at radius 1 is 1.24 bits per heavy atom. The van der Waals surface area contributed by atoms with Gasteiger partial charge in [-0.25, -0.2) is 0 Å². The number of rotatable bonds is 4. The van der Waals surface area contributed by atoms with Crippen LogP contribution in [0.15, 0.2) is 34.8 Å². The molecule has 0 radical (unpaired) electrons. The minimum atomic E-state index is 0.732. The zero-order valence-electron chi connectivity index (χ0n) is 9.47. The summed E-state index contributed by atoms with van der Waals surface area (Å²) in [6.07, 6.45) is 1.10. The Labute approximate surface area is 119 Å². The lowest BCUT2D eigenvalue weighted by atomic mass is 10.3. The van der Waals surface area contributed by atoms with Crippen LogP contribution in [0.5, 0.6) is 0 Å². The third-order valence-electron chi connectivity index (χ3n) is 2.47. The van der Waals surface area contributed by atoms with E-state index < -0.39 is 0 Å². The summed E-state index contributed by atoms with van der Waals surface area (Å²) in [5.74, 6) is 0. The van der Waals surface area contributed by atoms with E-state index in [1.54, 1.807) is 0 Å². The van der Waals surface area contributed by atoms with E-state index >= 15 is 0 Å². The Hall–Kier alpha value is -0.510. The molecule has 2 rings (SSSR count). The lowest BCUT2D eigenvalue weighted by molar-refractivity contribution is 1.19. The van der Waals surface area contributed by atoms with Crippen LogP contribution in [0.25, 0.3) is 0 Å². The molecule has 1 aromatic carbocycles. The molecule has 90 valence electrons. The average Bonchev–Trinajstić information content (AvgIpc) is 2.79. The number of aryl methyl sites for hydroxylation is 1. The molecule has 0 spiro atoms. The molecule has 0 aliphatic carbocycles. The van der Waals surface area contributed by atoms with Crippen LogP contribution in [0, 0.1) is 0 Å². The Morgan fingerprint density at radius 3 is 2.71 bits per heavy atom. The van der Waals surface area contributed by atoms with Crippen LogP contribution < -0.4 is 5.32 Å². The van der Waals surface area contributed by atoms with Crippen molar-refractivity contribution >= 4 is 44.6 Å². The summed E-state index contributed by atoms with van der Waals surface area (Å²) >= 11 is 11.4. The topological polar surface area (TPSA) is 12.0 Å². The molecule has 0 atom stereocenters. The summed E-state index contributed by atoms with van der Waals surface area (Å²) in [7, 11) is 0. The van der Waals surface area contributed by atoms with Crippen molar-refractivity contribution in [2.24, 2.45) is 0 Å². The first-order valence-electron chi connectivity index (χ1n) is 5.46. The van der Waals surface area contributed by atoms with E-state index in [1.165, 1.54) is 9.75 Å². The van der Waals surface area contributed by atoms with E-state index in [-0.39, 0.29) is 0 Å². The predicted molar refractivity (Wildman–Crippen MR) is 80.2 cm³/mol. The van der Waals surface area contributed by atoms with Crippen molar-refractivity contribution < 1.29 is 0 Å². The highest BCUT2D eigenvalue weighted by Crippen LogP contribution is 2.30. The van der Waals surface area contributed by atoms with Crippen molar-refractivity contribution in [1.82, 2.24) is 0 Å². The fourth-order valence-electron chi connectivity index (χ4n) is 1.53. The minimum absolute atomic E-state index is 0.732. The molecule has 2 aromatic rings. The van der Waals surface area contributed by atoms with Gasteiger partial charge in [-0.15, -0.1) is 11.3 Å². The second-order valence-corrected chi connectivity index (χ2v) is 6.13. The van der Waals surface area contributed by atoms with Gasteiger partial charge in [0, 0.05) is 16.3 Å². The molecule has 0 aliphatic heterocycles. The molecule has 1 N–H and O–H groups in total. The maximum atomic E-state index is 6.04. The van der Waals surface area contributed by atoms with E-state index in [0.29, 0.717) is 0 Å². The van der Waals surface area contributed by atoms with Crippen LogP contribution in [0.2, 0.25) is 5.02 Å². The van der Waals surface area contributed by atoms with E-state index in [9.17, 15) is 0 Å². The maximum absolute atomic E-state index is 6.04. The van der Waals surface area contributed by atoms with Gasteiger partial charge in [0.25, 0.3) is 0 Å². The summed E-state index contributed by atoms with van der Waals surface area (Å²) in [4.78, 5) is 2.76. The molecule has 4 heteroatoms. The maximum Gasteiger partial charge on any atom is 0.0593 e. The first kappa shape index (κ1) is 12.9. The van der Waals surface area contributed by atoms with Crippen LogP contribution >= 0.6 is 38.9 Å². The first-order valence-corrected chi connectivity index (χ1v) is 7.45. The van der Waals surface area contributed by atoms with E-state index in [0.717, 1.165) is 28.1 Å². The Balaban J connectivity index is 2.04. The third-order valence-corrected chi connectivity index (χ3v) is 5.10. The lowest BCUT2D eigenvalue weighted by Crippen LogP contribution is -1.98. The standard InChI is InChI=1S/C13H13BrClNS/c1-2-9-6-7-10(17-9)8-16-12-5-3-4-11(15)13(12)14/h3-7,16H,2,8H2,1H3. The van der Waals surface area contributed by atoms with Crippen LogP contribution in [0.3, 0.4) is 0 Å². The van der Waals surface area contributed by atoms with E-state index in [2.05, 4.69) is 40.3 Å². The van der Waals surface area contributed by atoms with Crippen LogP contribution in [-0.2, 0) is 13.0 Å². The zero-order chi connectivity index (χ0) is 12.3. The van der Waals surface area contributed by atoms with Crippen LogP contribution in [0.4, 0.5) is 5.69 Å². The molecule has 0 amide bonds. The van der Waals surface area contributed by atoms with Gasteiger partial charge in [0.05, 0.1) is 15.2 Å². The highest BCUT2D eigenvalue weighted by atomic mass is 79.9. The Kier molecular flexibility index (Phi) is 4.48. The normalized spacial score (nSPS) is 10.5. The fraction of sp³-hybridized carbons (Fsp3) is 0.231. The van der Waals surface area contributed by atoms with Gasteiger partial charge >= 0.3 is 0 Å². The summed E-state index contributed by atoms with van der Waals surface area (Å²) in [6.45, 7) is 3.01. The molecular weight excluding hydrogens is 318 g/mol. The fourth-order valence-corrected chi connectivity index (χ4v) is 3.01. The van der Waals surface area contributed by atoms with Gasteiger partial charge in [0.1, 0.15) is 0 Å². The number of benzene rings is 1. The SMILES string of the molecule is CCc1ccc(CNc2cccc(Cl)c2Br)s1. The summed E-state index contributed by atoms with van der Waals surface area (Å²) in [5, 5.41) is 4.12. The summed E-state index contributed by atoms with van der Waals surface area (Å²) < 4.78 is 0.925.